The molecule has 0 aliphatic rings. The third kappa shape index (κ3) is 2.22. The molecule has 0 radical (unpaired) electrons. The Labute approximate surface area is 97.7 Å². The molecule has 5 nitrogen and oxygen atoms in total. The smallest absolute Gasteiger partial charge is 0.149 e. The molecule has 0 aromatic carbocycles. The van der Waals surface area contributed by atoms with Crippen LogP contribution in [0.2, 0.25) is 0 Å². The molecule has 2 aromatic heterocycles. The van der Waals surface area contributed by atoms with Crippen LogP contribution in [0.4, 0.5) is 17.3 Å². The standard InChI is InChI=1S/C10H13N5S/c1-15(4-7-5-16-6-13-7)9-3-2-8(11)10(12)14-9/h2-3,5-6H,4,11H2,1H3,(H2,12,14). The van der Waals surface area contributed by atoms with Gasteiger partial charge in [0.1, 0.15) is 11.6 Å². The van der Waals surface area contributed by atoms with Crippen LogP contribution in [0, 0.1) is 0 Å². The van der Waals surface area contributed by atoms with Crippen LogP contribution >= 0.6 is 11.3 Å². The molecule has 0 saturated carbocycles. The lowest BCUT2D eigenvalue weighted by Crippen LogP contribution is -2.18. The van der Waals surface area contributed by atoms with E-state index >= 15 is 0 Å². The number of pyridine rings is 1. The van der Waals surface area contributed by atoms with Gasteiger partial charge in [-0.05, 0) is 12.1 Å². The lowest BCUT2D eigenvalue weighted by atomic mass is 10.3. The van der Waals surface area contributed by atoms with E-state index in [1.54, 1.807) is 17.4 Å². The largest absolute Gasteiger partial charge is 0.396 e. The maximum atomic E-state index is 5.66. The molecule has 4 N–H and O–H groups in total. The third-order valence-electron chi connectivity index (χ3n) is 2.22. The van der Waals surface area contributed by atoms with Crippen molar-refractivity contribution in [3.63, 3.8) is 0 Å². The van der Waals surface area contributed by atoms with Crippen LogP contribution in [0.3, 0.4) is 0 Å². The normalized spacial score (nSPS) is 10.3. The van der Waals surface area contributed by atoms with Gasteiger partial charge in [0.05, 0.1) is 23.4 Å². The second kappa shape index (κ2) is 4.36. The van der Waals surface area contributed by atoms with Crippen LogP contribution in [-0.4, -0.2) is 17.0 Å². The zero-order chi connectivity index (χ0) is 11.5. The zero-order valence-corrected chi connectivity index (χ0v) is 9.74. The van der Waals surface area contributed by atoms with E-state index in [1.165, 1.54) is 0 Å². The van der Waals surface area contributed by atoms with E-state index in [0.717, 1.165) is 11.5 Å². The average molecular weight is 235 g/mol. The SMILES string of the molecule is CN(Cc1cscn1)c1ccc(N)c(N)n1. The van der Waals surface area contributed by atoms with Crippen LogP contribution in [0.1, 0.15) is 5.69 Å². The molecule has 0 aliphatic carbocycles. The number of rotatable bonds is 3. The second-order valence-corrected chi connectivity index (χ2v) is 4.20. The highest BCUT2D eigenvalue weighted by atomic mass is 32.1. The molecule has 0 atom stereocenters. The van der Waals surface area contributed by atoms with Crippen molar-refractivity contribution < 1.29 is 0 Å². The third-order valence-corrected chi connectivity index (χ3v) is 2.85. The van der Waals surface area contributed by atoms with Crippen LogP contribution in [-0.2, 0) is 6.54 Å². The summed E-state index contributed by atoms with van der Waals surface area (Å²) in [6, 6.07) is 3.60. The fourth-order valence-corrected chi connectivity index (χ4v) is 1.88. The highest BCUT2D eigenvalue weighted by Crippen LogP contribution is 2.18. The number of hydrogen-bond acceptors (Lipinski definition) is 6. The van der Waals surface area contributed by atoms with E-state index < -0.39 is 0 Å². The molecule has 2 heterocycles. The molecule has 0 saturated heterocycles. The Bertz CT molecular complexity index is 468. The molecule has 6 heteroatoms. The molecule has 2 aromatic rings. The summed E-state index contributed by atoms with van der Waals surface area (Å²) < 4.78 is 0. The Morgan fingerprint density at radius 2 is 2.19 bits per heavy atom. The van der Waals surface area contributed by atoms with Gasteiger partial charge in [-0.25, -0.2) is 9.97 Å². The Kier molecular flexibility index (Phi) is 2.91. The quantitative estimate of drug-likeness (QED) is 0.839. The summed E-state index contributed by atoms with van der Waals surface area (Å²) in [6.07, 6.45) is 0. The van der Waals surface area contributed by atoms with Crippen LogP contribution in [0.15, 0.2) is 23.0 Å². The average Bonchev–Trinajstić information content (AvgIpc) is 2.74. The molecule has 0 amide bonds. The van der Waals surface area contributed by atoms with Crippen molar-refractivity contribution in [1.82, 2.24) is 9.97 Å². The first-order chi connectivity index (χ1) is 7.66. The van der Waals surface area contributed by atoms with Gasteiger partial charge in [-0.15, -0.1) is 11.3 Å². The lowest BCUT2D eigenvalue weighted by Gasteiger charge is -2.17. The predicted octanol–water partition coefficient (Wildman–Crippen LogP) is 1.34. The Morgan fingerprint density at radius 1 is 1.38 bits per heavy atom. The summed E-state index contributed by atoms with van der Waals surface area (Å²) in [6.45, 7) is 0.708. The highest BCUT2D eigenvalue weighted by Gasteiger charge is 2.06. The second-order valence-electron chi connectivity index (χ2n) is 3.48. The van der Waals surface area contributed by atoms with E-state index in [9.17, 15) is 0 Å². The Hall–Kier alpha value is -1.82. The van der Waals surface area contributed by atoms with Gasteiger partial charge in [0.2, 0.25) is 0 Å². The van der Waals surface area contributed by atoms with E-state index in [4.69, 9.17) is 11.5 Å². The first-order valence-electron chi connectivity index (χ1n) is 4.77. The highest BCUT2D eigenvalue weighted by molar-refractivity contribution is 7.07. The molecule has 0 aliphatic heterocycles. The van der Waals surface area contributed by atoms with Crippen LogP contribution in [0.25, 0.3) is 0 Å². The summed E-state index contributed by atoms with van der Waals surface area (Å²) in [7, 11) is 1.94. The first kappa shape index (κ1) is 10.7. The molecule has 0 bridgehead atoms. The summed E-state index contributed by atoms with van der Waals surface area (Å²) in [5, 5.41) is 2.01. The van der Waals surface area contributed by atoms with Crippen molar-refractivity contribution >= 4 is 28.7 Å². The van der Waals surface area contributed by atoms with E-state index in [2.05, 4.69) is 9.97 Å². The van der Waals surface area contributed by atoms with Crippen molar-refractivity contribution in [1.29, 1.82) is 0 Å². The van der Waals surface area contributed by atoms with Crippen molar-refractivity contribution in [3.8, 4) is 0 Å². The van der Waals surface area contributed by atoms with Gasteiger partial charge in [0, 0.05) is 12.4 Å². The van der Waals surface area contributed by atoms with Gasteiger partial charge in [0.15, 0.2) is 0 Å². The maximum absolute atomic E-state index is 5.66. The maximum Gasteiger partial charge on any atom is 0.149 e. The monoisotopic (exact) mass is 235 g/mol. The number of nitrogens with two attached hydrogens (primary N) is 2. The summed E-state index contributed by atoms with van der Waals surface area (Å²) in [5.41, 5.74) is 14.6. The van der Waals surface area contributed by atoms with Crippen molar-refractivity contribution in [2.75, 3.05) is 23.4 Å². The number of aromatic nitrogens is 2. The van der Waals surface area contributed by atoms with Crippen molar-refractivity contribution in [2.45, 2.75) is 6.54 Å². The van der Waals surface area contributed by atoms with Crippen LogP contribution < -0.4 is 16.4 Å². The minimum absolute atomic E-state index is 0.364. The summed E-state index contributed by atoms with van der Waals surface area (Å²) >= 11 is 1.58. The zero-order valence-electron chi connectivity index (χ0n) is 8.92. The molecular weight excluding hydrogens is 222 g/mol. The Morgan fingerprint density at radius 3 is 2.81 bits per heavy atom. The van der Waals surface area contributed by atoms with Gasteiger partial charge in [-0.1, -0.05) is 0 Å². The number of hydrogen-bond donors (Lipinski definition) is 2. The fraction of sp³-hybridized carbons (Fsp3) is 0.200. The summed E-state index contributed by atoms with van der Waals surface area (Å²) in [5.74, 6) is 1.15. The first-order valence-corrected chi connectivity index (χ1v) is 5.71. The van der Waals surface area contributed by atoms with E-state index in [-0.39, 0.29) is 0 Å². The number of anilines is 3. The predicted molar refractivity (Wildman–Crippen MR) is 67.3 cm³/mol. The van der Waals surface area contributed by atoms with Crippen molar-refractivity contribution in [2.24, 2.45) is 0 Å². The number of nitrogen functional groups attached to an aromatic ring is 2. The topological polar surface area (TPSA) is 81.1 Å². The minimum atomic E-state index is 0.364. The van der Waals surface area contributed by atoms with Gasteiger partial charge in [-0.2, -0.15) is 0 Å². The number of thiazole rings is 1. The molecule has 84 valence electrons. The van der Waals surface area contributed by atoms with Gasteiger partial charge in [-0.3, -0.25) is 0 Å². The minimum Gasteiger partial charge on any atom is -0.396 e. The lowest BCUT2D eigenvalue weighted by molar-refractivity contribution is 0.876. The van der Waals surface area contributed by atoms with Gasteiger partial charge < -0.3 is 16.4 Å². The van der Waals surface area contributed by atoms with Crippen LogP contribution in [0.5, 0.6) is 0 Å². The molecule has 0 unspecified atom stereocenters. The molecule has 0 fully saturated rings. The molecule has 16 heavy (non-hydrogen) atoms. The van der Waals surface area contributed by atoms with Crippen molar-refractivity contribution in [3.05, 3.63) is 28.7 Å². The van der Waals surface area contributed by atoms with Gasteiger partial charge >= 0.3 is 0 Å². The van der Waals surface area contributed by atoms with E-state index in [1.807, 2.05) is 28.9 Å². The summed E-state index contributed by atoms with van der Waals surface area (Å²) in [4.78, 5) is 10.4. The molecular formula is C10H13N5S. The molecule has 0 spiro atoms. The Balaban J connectivity index is 2.14. The number of nitrogens with zero attached hydrogens (tertiary/aromatic N) is 3. The fourth-order valence-electron chi connectivity index (χ4n) is 1.33. The van der Waals surface area contributed by atoms with E-state index in [0.29, 0.717) is 18.1 Å². The van der Waals surface area contributed by atoms with Gasteiger partial charge in [0.25, 0.3) is 0 Å². The molecule has 2 rings (SSSR count).